The number of benzene rings is 5. The average Bonchev–Trinajstić information content (AvgIpc) is 3.55. The molecule has 0 atom stereocenters. The Morgan fingerprint density at radius 3 is 2.14 bits per heavy atom. The molecule has 0 unspecified atom stereocenters. The van der Waals surface area contributed by atoms with Crippen molar-refractivity contribution in [2.24, 2.45) is 0 Å². The van der Waals surface area contributed by atoms with Crippen LogP contribution in [0, 0.1) is 6.57 Å². The third-order valence-electron chi connectivity index (χ3n) is 8.23. The first-order chi connectivity index (χ1) is 21.6. The van der Waals surface area contributed by atoms with Gasteiger partial charge in [0.1, 0.15) is 0 Å². The van der Waals surface area contributed by atoms with Crippen LogP contribution in [0.15, 0.2) is 134 Å². The van der Waals surface area contributed by atoms with Crippen molar-refractivity contribution < 1.29 is 9.59 Å². The molecule has 6 heteroatoms. The molecular weight excluding hydrogens is 544 g/mol. The summed E-state index contributed by atoms with van der Waals surface area (Å²) in [6.45, 7) is 7.37. The van der Waals surface area contributed by atoms with E-state index in [1.54, 1.807) is 18.5 Å². The zero-order valence-electron chi connectivity index (χ0n) is 23.3. The normalized spacial score (nSPS) is 12.6. The quantitative estimate of drug-likeness (QED) is 0.158. The number of rotatable bonds is 4. The Hall–Kier alpha value is -6.32. The van der Waals surface area contributed by atoms with Crippen molar-refractivity contribution in [1.29, 1.82) is 0 Å². The van der Waals surface area contributed by atoms with Crippen LogP contribution in [0.25, 0.3) is 54.6 Å². The maximum atomic E-state index is 14.1. The van der Waals surface area contributed by atoms with Gasteiger partial charge in [0.2, 0.25) is 5.69 Å². The smallest absolute Gasteiger partial charge is 0.268 e. The number of nitrogens with zero attached hydrogens (tertiary/aromatic N) is 4. The van der Waals surface area contributed by atoms with E-state index in [9.17, 15) is 9.59 Å². The Kier molecular flexibility index (Phi) is 5.71. The van der Waals surface area contributed by atoms with Crippen LogP contribution in [0.3, 0.4) is 0 Å². The number of pyridine rings is 1. The third kappa shape index (κ3) is 3.84. The summed E-state index contributed by atoms with van der Waals surface area (Å²) in [6.07, 6.45) is 3.31. The number of aromatic nitrogens is 2. The van der Waals surface area contributed by atoms with Gasteiger partial charge in [0, 0.05) is 23.2 Å². The summed E-state index contributed by atoms with van der Waals surface area (Å²) in [6, 6.07) is 38.9. The van der Waals surface area contributed by atoms with Crippen molar-refractivity contribution >= 4 is 45.0 Å². The molecule has 206 valence electrons. The number of anilines is 1. The van der Waals surface area contributed by atoms with Gasteiger partial charge in [0.15, 0.2) is 0 Å². The fraction of sp³-hybridized carbons (Fsp3) is 0. The Labute approximate surface area is 252 Å². The van der Waals surface area contributed by atoms with Crippen LogP contribution in [-0.2, 0) is 0 Å². The minimum atomic E-state index is -0.349. The van der Waals surface area contributed by atoms with Crippen molar-refractivity contribution in [3.05, 3.63) is 156 Å². The molecule has 0 spiro atoms. The summed E-state index contributed by atoms with van der Waals surface area (Å²) < 4.78 is 2.06. The van der Waals surface area contributed by atoms with Crippen molar-refractivity contribution in [2.75, 3.05) is 4.90 Å². The topological polar surface area (TPSA) is 59.6 Å². The van der Waals surface area contributed by atoms with Gasteiger partial charge in [-0.15, -0.1) is 0 Å². The van der Waals surface area contributed by atoms with Crippen molar-refractivity contribution in [2.45, 2.75) is 0 Å². The number of amides is 2. The summed E-state index contributed by atoms with van der Waals surface area (Å²) >= 11 is 0. The molecule has 0 saturated heterocycles. The molecule has 0 radical (unpaired) electrons. The number of imide groups is 1. The molecule has 3 heterocycles. The number of hydrogen-bond acceptors (Lipinski definition) is 3. The molecule has 0 fully saturated rings. The molecule has 5 aromatic carbocycles. The van der Waals surface area contributed by atoms with Crippen LogP contribution in [0.2, 0.25) is 0 Å². The van der Waals surface area contributed by atoms with Gasteiger partial charge in [-0.2, -0.15) is 0 Å². The number of para-hydroxylation sites is 1. The maximum Gasteiger partial charge on any atom is 0.268 e. The summed E-state index contributed by atoms with van der Waals surface area (Å²) in [4.78, 5) is 36.9. The maximum absolute atomic E-state index is 14.1. The van der Waals surface area contributed by atoms with Crippen molar-refractivity contribution in [3.8, 4) is 27.9 Å². The minimum Gasteiger partial charge on any atom is -0.308 e. The van der Waals surface area contributed by atoms with Gasteiger partial charge in [-0.05, 0) is 70.8 Å². The van der Waals surface area contributed by atoms with Crippen molar-refractivity contribution in [1.82, 2.24) is 9.55 Å². The van der Waals surface area contributed by atoms with Crippen LogP contribution in [0.1, 0.15) is 20.7 Å². The lowest BCUT2D eigenvalue weighted by molar-refractivity contribution is 0.0926. The fourth-order valence-corrected chi connectivity index (χ4v) is 6.18. The Bertz CT molecular complexity index is 2330. The predicted molar refractivity (Wildman–Crippen MR) is 173 cm³/mol. The standard InChI is InChI=1S/C38H22N4O2/c1-39-28-20-27(22-40-23-28)26-16-19-34-32(21-26)30-10-5-6-12-33(30)42(34)35-13-7-11-31-36(35)38(44)41(37(31)43)29-17-14-25(15-18-29)24-8-3-2-4-9-24/h2-23H. The molecule has 44 heavy (non-hydrogen) atoms. The lowest BCUT2D eigenvalue weighted by Gasteiger charge is -2.15. The van der Waals surface area contributed by atoms with Gasteiger partial charge in [-0.3, -0.25) is 14.6 Å². The fourth-order valence-electron chi connectivity index (χ4n) is 6.18. The Morgan fingerprint density at radius 2 is 1.32 bits per heavy atom. The number of carbonyl (C=O) groups excluding carboxylic acids is 2. The molecule has 1 aliphatic heterocycles. The summed E-state index contributed by atoms with van der Waals surface area (Å²) in [5.74, 6) is -0.688. The summed E-state index contributed by atoms with van der Waals surface area (Å²) in [5, 5.41) is 2.01. The van der Waals surface area contributed by atoms with Gasteiger partial charge in [-0.1, -0.05) is 72.8 Å². The molecule has 0 aliphatic carbocycles. The van der Waals surface area contributed by atoms with Crippen LogP contribution in [0.5, 0.6) is 0 Å². The first kappa shape index (κ1) is 25.4. The largest absolute Gasteiger partial charge is 0.308 e. The second-order valence-corrected chi connectivity index (χ2v) is 10.7. The molecule has 0 N–H and O–H groups in total. The highest BCUT2D eigenvalue weighted by Crippen LogP contribution is 2.39. The van der Waals surface area contributed by atoms with E-state index < -0.39 is 0 Å². The monoisotopic (exact) mass is 566 g/mol. The van der Waals surface area contributed by atoms with E-state index in [1.807, 2.05) is 103 Å². The zero-order valence-corrected chi connectivity index (χ0v) is 23.3. The highest BCUT2D eigenvalue weighted by atomic mass is 16.2. The van der Waals surface area contributed by atoms with Gasteiger partial charge in [-0.25, -0.2) is 9.74 Å². The second kappa shape index (κ2) is 9.90. The molecule has 7 aromatic rings. The molecular formula is C38H22N4O2. The predicted octanol–water partition coefficient (Wildman–Crippen LogP) is 8.86. The molecule has 6 nitrogen and oxygen atoms in total. The van der Waals surface area contributed by atoms with E-state index >= 15 is 0 Å². The highest BCUT2D eigenvalue weighted by Gasteiger charge is 2.39. The number of carbonyl (C=O) groups is 2. The van der Waals surface area contributed by atoms with E-state index in [0.717, 1.165) is 44.1 Å². The van der Waals surface area contributed by atoms with Crippen molar-refractivity contribution in [3.63, 3.8) is 0 Å². The van der Waals surface area contributed by atoms with E-state index in [0.29, 0.717) is 28.2 Å². The van der Waals surface area contributed by atoms with E-state index in [2.05, 4.69) is 26.5 Å². The molecule has 0 bridgehead atoms. The van der Waals surface area contributed by atoms with Gasteiger partial charge in [0.25, 0.3) is 11.8 Å². The molecule has 0 saturated carbocycles. The Morgan fingerprint density at radius 1 is 0.591 bits per heavy atom. The first-order valence-corrected chi connectivity index (χ1v) is 14.2. The first-order valence-electron chi connectivity index (χ1n) is 14.2. The minimum absolute atomic E-state index is 0.338. The average molecular weight is 567 g/mol. The SMILES string of the molecule is [C-]#[N+]c1cncc(-c2ccc3c(c2)c2ccccc2n3-c2cccc3c2C(=O)N(c2ccc(-c4ccccc4)cc2)C3=O)c1. The lowest BCUT2D eigenvalue weighted by atomic mass is 10.0. The molecule has 2 amide bonds. The van der Waals surface area contributed by atoms with E-state index in [4.69, 9.17) is 6.57 Å². The van der Waals surface area contributed by atoms with Crippen LogP contribution in [-0.4, -0.2) is 21.4 Å². The Balaban J connectivity index is 1.26. The van der Waals surface area contributed by atoms with E-state index in [1.165, 1.54) is 4.90 Å². The van der Waals surface area contributed by atoms with Crippen LogP contribution in [0.4, 0.5) is 11.4 Å². The van der Waals surface area contributed by atoms with Crippen LogP contribution < -0.4 is 4.90 Å². The molecule has 1 aliphatic rings. The second-order valence-electron chi connectivity index (χ2n) is 10.7. The molecule has 8 rings (SSSR count). The number of fused-ring (bicyclic) bond motifs is 4. The summed E-state index contributed by atoms with van der Waals surface area (Å²) in [5.41, 5.74) is 8.11. The van der Waals surface area contributed by atoms with Gasteiger partial charge in [0.05, 0.1) is 40.1 Å². The zero-order chi connectivity index (χ0) is 29.8. The number of hydrogen-bond donors (Lipinski definition) is 0. The summed E-state index contributed by atoms with van der Waals surface area (Å²) in [7, 11) is 0. The van der Waals surface area contributed by atoms with Gasteiger partial charge >= 0.3 is 0 Å². The van der Waals surface area contributed by atoms with E-state index in [-0.39, 0.29) is 11.8 Å². The third-order valence-corrected chi connectivity index (χ3v) is 8.23. The molecule has 2 aromatic heterocycles. The lowest BCUT2D eigenvalue weighted by Crippen LogP contribution is -2.29. The van der Waals surface area contributed by atoms with Crippen LogP contribution >= 0.6 is 0 Å². The highest BCUT2D eigenvalue weighted by molar-refractivity contribution is 6.35. The van der Waals surface area contributed by atoms with Gasteiger partial charge < -0.3 is 4.57 Å².